The monoisotopic (exact) mass is 427 g/mol. The van der Waals surface area contributed by atoms with E-state index >= 15 is 0 Å². The third-order valence-corrected chi connectivity index (χ3v) is 5.67. The lowest BCUT2D eigenvalue weighted by atomic mass is 9.98. The predicted molar refractivity (Wildman–Crippen MR) is 117 cm³/mol. The van der Waals surface area contributed by atoms with E-state index in [1.807, 2.05) is 12.1 Å². The van der Waals surface area contributed by atoms with E-state index in [0.717, 1.165) is 31.1 Å². The summed E-state index contributed by atoms with van der Waals surface area (Å²) in [4.78, 5) is 26.0. The van der Waals surface area contributed by atoms with Gasteiger partial charge in [0.25, 0.3) is 11.6 Å². The molecule has 0 aliphatic carbocycles. The molecule has 31 heavy (non-hydrogen) atoms. The normalized spacial score (nSPS) is 14.8. The van der Waals surface area contributed by atoms with E-state index in [-0.39, 0.29) is 29.3 Å². The number of rotatable bonds is 8. The maximum atomic E-state index is 12.7. The molecule has 1 aliphatic rings. The molecule has 3 rings (SSSR count). The summed E-state index contributed by atoms with van der Waals surface area (Å²) in [5, 5.41) is 14.2. The second-order valence-electron chi connectivity index (χ2n) is 7.94. The molecule has 0 unspecified atom stereocenters. The highest BCUT2D eigenvalue weighted by Gasteiger charge is 2.24. The van der Waals surface area contributed by atoms with Gasteiger partial charge in [0.05, 0.1) is 25.2 Å². The van der Waals surface area contributed by atoms with Crippen molar-refractivity contribution in [3.63, 3.8) is 0 Å². The smallest absolute Gasteiger partial charge is 0.286 e. The number of methoxy groups -OCH3 is 2. The third kappa shape index (κ3) is 5.73. The van der Waals surface area contributed by atoms with E-state index in [2.05, 4.69) is 29.3 Å². The van der Waals surface area contributed by atoms with Crippen LogP contribution in [0.4, 0.5) is 5.69 Å². The second-order valence-corrected chi connectivity index (χ2v) is 7.94. The van der Waals surface area contributed by atoms with Gasteiger partial charge in [-0.05, 0) is 43.0 Å². The van der Waals surface area contributed by atoms with Crippen molar-refractivity contribution in [3.05, 3.63) is 63.2 Å². The number of hydrogen-bond donors (Lipinski definition) is 1. The largest absolute Gasteiger partial charge is 0.493 e. The van der Waals surface area contributed by atoms with Crippen LogP contribution in [0.15, 0.2) is 36.4 Å². The Morgan fingerprint density at radius 3 is 2.42 bits per heavy atom. The lowest BCUT2D eigenvalue weighted by Gasteiger charge is -2.30. The molecule has 8 heteroatoms. The Hall–Kier alpha value is -3.13. The molecule has 0 atom stereocenters. The first-order valence-corrected chi connectivity index (χ1v) is 10.4. The maximum Gasteiger partial charge on any atom is 0.286 e. The van der Waals surface area contributed by atoms with Crippen LogP contribution in [0.2, 0.25) is 0 Å². The topological polar surface area (TPSA) is 93.9 Å². The van der Waals surface area contributed by atoms with E-state index in [1.54, 1.807) is 0 Å². The third-order valence-electron chi connectivity index (χ3n) is 5.67. The molecule has 166 valence electrons. The van der Waals surface area contributed by atoms with Crippen LogP contribution in [0.3, 0.4) is 0 Å². The van der Waals surface area contributed by atoms with Crippen LogP contribution in [-0.2, 0) is 13.1 Å². The van der Waals surface area contributed by atoms with Crippen molar-refractivity contribution in [3.8, 4) is 11.5 Å². The molecule has 2 aromatic rings. The lowest BCUT2D eigenvalue weighted by molar-refractivity contribution is -0.385. The standard InChI is InChI=1S/C23H29N3O5/c1-16-7-9-25(10-8-16)15-18-6-4-5-17(11-18)14-24-23(27)19-12-21(30-2)22(31-3)13-20(19)26(28)29/h4-6,11-13,16H,7-10,14-15H2,1-3H3,(H,24,27). The van der Waals surface area contributed by atoms with Crippen LogP contribution in [0, 0.1) is 16.0 Å². The Morgan fingerprint density at radius 1 is 1.13 bits per heavy atom. The molecule has 8 nitrogen and oxygen atoms in total. The molecule has 0 bridgehead atoms. The molecule has 1 fully saturated rings. The Balaban J connectivity index is 1.69. The molecule has 0 aromatic heterocycles. The van der Waals surface area contributed by atoms with Crippen molar-refractivity contribution in [2.24, 2.45) is 5.92 Å². The van der Waals surface area contributed by atoms with Gasteiger partial charge in [0.15, 0.2) is 11.5 Å². The van der Waals surface area contributed by atoms with Gasteiger partial charge in [-0.25, -0.2) is 0 Å². The van der Waals surface area contributed by atoms with E-state index in [4.69, 9.17) is 9.47 Å². The van der Waals surface area contributed by atoms with Gasteiger partial charge < -0.3 is 14.8 Å². The van der Waals surface area contributed by atoms with Gasteiger partial charge in [0.2, 0.25) is 0 Å². The van der Waals surface area contributed by atoms with Gasteiger partial charge in [-0.1, -0.05) is 31.2 Å². The van der Waals surface area contributed by atoms with Crippen molar-refractivity contribution < 1.29 is 19.2 Å². The molecule has 0 spiro atoms. The number of ether oxygens (including phenoxy) is 2. The van der Waals surface area contributed by atoms with Crippen LogP contribution in [0.25, 0.3) is 0 Å². The van der Waals surface area contributed by atoms with Crippen LogP contribution < -0.4 is 14.8 Å². The van der Waals surface area contributed by atoms with Crippen LogP contribution in [-0.4, -0.2) is 43.0 Å². The summed E-state index contributed by atoms with van der Waals surface area (Å²) in [6.45, 7) is 5.66. The van der Waals surface area contributed by atoms with Crippen molar-refractivity contribution in [1.82, 2.24) is 10.2 Å². The Bertz CT molecular complexity index is 939. The summed E-state index contributed by atoms with van der Waals surface area (Å²) < 4.78 is 10.3. The Morgan fingerprint density at radius 2 is 1.77 bits per heavy atom. The van der Waals surface area contributed by atoms with Crippen molar-refractivity contribution in [2.75, 3.05) is 27.3 Å². The number of carbonyl (C=O) groups is 1. The average molecular weight is 428 g/mol. The van der Waals surface area contributed by atoms with Crippen molar-refractivity contribution in [1.29, 1.82) is 0 Å². The number of benzene rings is 2. The summed E-state index contributed by atoms with van der Waals surface area (Å²) in [6, 6.07) is 10.6. The van der Waals surface area contributed by atoms with E-state index in [9.17, 15) is 14.9 Å². The minimum absolute atomic E-state index is 0.0683. The number of nitro benzene ring substituents is 1. The van der Waals surface area contributed by atoms with Crippen molar-refractivity contribution in [2.45, 2.75) is 32.9 Å². The molecular weight excluding hydrogens is 398 g/mol. The van der Waals surface area contributed by atoms with Gasteiger partial charge in [-0.15, -0.1) is 0 Å². The van der Waals surface area contributed by atoms with Gasteiger partial charge in [0, 0.05) is 19.2 Å². The van der Waals surface area contributed by atoms with Gasteiger partial charge >= 0.3 is 0 Å². The molecule has 1 N–H and O–H groups in total. The van der Waals surface area contributed by atoms with E-state index < -0.39 is 10.8 Å². The van der Waals surface area contributed by atoms with E-state index in [0.29, 0.717) is 0 Å². The van der Waals surface area contributed by atoms with Crippen LogP contribution in [0.1, 0.15) is 41.3 Å². The molecule has 1 heterocycles. The highest BCUT2D eigenvalue weighted by atomic mass is 16.6. The molecule has 1 amide bonds. The fourth-order valence-electron chi connectivity index (χ4n) is 3.80. The average Bonchev–Trinajstić information content (AvgIpc) is 2.78. The Labute approximate surface area is 182 Å². The molecular formula is C23H29N3O5. The first-order chi connectivity index (χ1) is 14.9. The molecule has 1 aliphatic heterocycles. The number of nitro groups is 1. The second kappa shape index (κ2) is 10.3. The maximum absolute atomic E-state index is 12.7. The number of likely N-dealkylation sites (tertiary alicyclic amines) is 1. The number of carbonyl (C=O) groups excluding carboxylic acids is 1. The zero-order chi connectivity index (χ0) is 22.4. The summed E-state index contributed by atoms with van der Waals surface area (Å²) >= 11 is 0. The van der Waals surface area contributed by atoms with Gasteiger partial charge in [-0.2, -0.15) is 0 Å². The number of amides is 1. The highest BCUT2D eigenvalue weighted by Crippen LogP contribution is 2.34. The zero-order valence-electron chi connectivity index (χ0n) is 18.2. The molecule has 2 aromatic carbocycles. The summed E-state index contributed by atoms with van der Waals surface area (Å²) in [6.07, 6.45) is 2.44. The molecule has 0 radical (unpaired) electrons. The predicted octanol–water partition coefficient (Wildman–Crippen LogP) is 3.77. The molecule has 1 saturated heterocycles. The minimum Gasteiger partial charge on any atom is -0.493 e. The van der Waals surface area contributed by atoms with Crippen molar-refractivity contribution >= 4 is 11.6 Å². The summed E-state index contributed by atoms with van der Waals surface area (Å²) in [7, 11) is 2.80. The van der Waals surface area contributed by atoms with Gasteiger partial charge in [0.1, 0.15) is 5.56 Å². The number of hydrogen-bond acceptors (Lipinski definition) is 6. The lowest BCUT2D eigenvalue weighted by Crippen LogP contribution is -2.32. The zero-order valence-corrected chi connectivity index (χ0v) is 18.2. The fourth-order valence-corrected chi connectivity index (χ4v) is 3.80. The SMILES string of the molecule is COc1cc(C(=O)NCc2cccc(CN3CCC(C)CC3)c2)c([N+](=O)[O-])cc1OC. The number of nitrogens with one attached hydrogen (secondary N) is 1. The van der Waals surface area contributed by atoms with E-state index in [1.165, 1.54) is 44.8 Å². The number of piperidine rings is 1. The van der Waals surface area contributed by atoms with Crippen LogP contribution >= 0.6 is 0 Å². The highest BCUT2D eigenvalue weighted by molar-refractivity contribution is 5.99. The molecule has 0 saturated carbocycles. The minimum atomic E-state index is -0.600. The van der Waals surface area contributed by atoms with Gasteiger partial charge in [-0.3, -0.25) is 19.8 Å². The summed E-state index contributed by atoms with van der Waals surface area (Å²) in [5.41, 5.74) is 1.74. The fraction of sp³-hybridized carbons (Fsp3) is 0.435. The number of nitrogens with zero attached hydrogens (tertiary/aromatic N) is 2. The first kappa shape index (κ1) is 22.6. The quantitative estimate of drug-likeness (QED) is 0.509. The van der Waals surface area contributed by atoms with Crippen LogP contribution in [0.5, 0.6) is 11.5 Å². The Kier molecular flexibility index (Phi) is 7.46. The first-order valence-electron chi connectivity index (χ1n) is 10.4. The summed E-state index contributed by atoms with van der Waals surface area (Å²) in [5.74, 6) is 0.711.